The highest BCUT2D eigenvalue weighted by Crippen LogP contribution is 2.42. The van der Waals surface area contributed by atoms with E-state index in [-0.39, 0.29) is 11.7 Å². The lowest BCUT2D eigenvalue weighted by Gasteiger charge is -2.24. The number of allylic oxidation sites excluding steroid dienone is 1. The van der Waals surface area contributed by atoms with Crippen molar-refractivity contribution in [2.75, 3.05) is 6.61 Å². The van der Waals surface area contributed by atoms with Gasteiger partial charge in [-0.3, -0.25) is 4.79 Å². The molecule has 0 saturated heterocycles. The Morgan fingerprint density at radius 3 is 2.52 bits per heavy atom. The minimum Gasteiger partial charge on any atom is -0.508 e. The van der Waals surface area contributed by atoms with Gasteiger partial charge in [0.25, 0.3) is 0 Å². The molecule has 0 atom stereocenters. The smallest absolute Gasteiger partial charge is 0.311 e. The summed E-state index contributed by atoms with van der Waals surface area (Å²) in [6, 6.07) is 13.7. The van der Waals surface area contributed by atoms with Crippen LogP contribution >= 0.6 is 27.7 Å². The second-order valence-corrected chi connectivity index (χ2v) is 10.5. The molecule has 4 nitrogen and oxygen atoms in total. The molecular formula is C25H28BrNO3S. The highest BCUT2D eigenvalue weighted by molar-refractivity contribution is 9.10. The van der Waals surface area contributed by atoms with Gasteiger partial charge >= 0.3 is 5.97 Å². The van der Waals surface area contributed by atoms with Crippen molar-refractivity contribution in [3.8, 4) is 5.75 Å². The molecule has 0 aliphatic carbocycles. The van der Waals surface area contributed by atoms with E-state index >= 15 is 0 Å². The number of thioether (sulfide) groups is 1. The lowest BCUT2D eigenvalue weighted by Crippen LogP contribution is -2.30. The SMILES string of the molecule is C=C(C)Sc1c(CC(C)(C)C(=O)OCC)n(Cc2ccc(Br)cc2)c2ccc(O)cc12. The van der Waals surface area contributed by atoms with Gasteiger partial charge in [-0.15, -0.1) is 0 Å². The number of fused-ring (bicyclic) bond motifs is 1. The fourth-order valence-electron chi connectivity index (χ4n) is 3.60. The summed E-state index contributed by atoms with van der Waals surface area (Å²) in [4.78, 5) is 14.6. The van der Waals surface area contributed by atoms with E-state index in [1.54, 1.807) is 23.9 Å². The van der Waals surface area contributed by atoms with Crippen LogP contribution in [0.4, 0.5) is 0 Å². The molecule has 0 unspecified atom stereocenters. The fourth-order valence-corrected chi connectivity index (χ4v) is 4.79. The maximum absolute atomic E-state index is 12.7. The molecule has 6 heteroatoms. The standard InChI is InChI=1S/C25H28BrNO3S/c1-6-30-24(29)25(4,5)14-22-23(31-16(2)3)20-13-19(28)11-12-21(20)27(22)15-17-7-9-18(26)10-8-17/h7-13,28H,2,6,14-15H2,1,3-5H3. The second-order valence-electron chi connectivity index (χ2n) is 8.28. The number of carbonyl (C=O) groups excluding carboxylic acids is 1. The van der Waals surface area contributed by atoms with E-state index in [2.05, 4.69) is 39.2 Å². The molecule has 3 aromatic rings. The number of esters is 1. The van der Waals surface area contributed by atoms with Gasteiger partial charge in [0.15, 0.2) is 0 Å². The Kier molecular flexibility index (Phi) is 7.22. The zero-order valence-electron chi connectivity index (χ0n) is 18.4. The molecule has 1 heterocycles. The first-order valence-corrected chi connectivity index (χ1v) is 11.8. The number of nitrogens with zero attached hydrogens (tertiary/aromatic N) is 1. The first kappa shape index (κ1) is 23.5. The van der Waals surface area contributed by atoms with Gasteiger partial charge in [-0.05, 0) is 68.5 Å². The molecule has 164 valence electrons. The van der Waals surface area contributed by atoms with Crippen molar-refractivity contribution in [3.63, 3.8) is 0 Å². The molecular weight excluding hydrogens is 474 g/mol. The van der Waals surface area contributed by atoms with Crippen molar-refractivity contribution in [1.82, 2.24) is 4.57 Å². The third-order valence-corrected chi connectivity index (χ3v) is 6.61. The normalized spacial score (nSPS) is 11.6. The molecule has 1 aromatic heterocycles. The maximum Gasteiger partial charge on any atom is 0.311 e. The van der Waals surface area contributed by atoms with E-state index in [9.17, 15) is 9.90 Å². The predicted molar refractivity (Wildman–Crippen MR) is 132 cm³/mol. The first-order valence-electron chi connectivity index (χ1n) is 10.2. The van der Waals surface area contributed by atoms with Gasteiger partial charge in [0.05, 0.1) is 12.0 Å². The average molecular weight is 502 g/mol. The van der Waals surface area contributed by atoms with Gasteiger partial charge in [-0.2, -0.15) is 0 Å². The second kappa shape index (κ2) is 9.53. The molecule has 0 spiro atoms. The molecule has 1 N–H and O–H groups in total. The van der Waals surface area contributed by atoms with E-state index in [1.807, 2.05) is 45.9 Å². The van der Waals surface area contributed by atoms with Gasteiger partial charge in [0.2, 0.25) is 0 Å². The number of aromatic hydroxyl groups is 1. The summed E-state index contributed by atoms with van der Waals surface area (Å²) in [5, 5.41) is 11.1. The van der Waals surface area contributed by atoms with Gasteiger partial charge in [-0.25, -0.2) is 0 Å². The molecule has 2 aromatic carbocycles. The maximum atomic E-state index is 12.7. The van der Waals surface area contributed by atoms with Crippen LogP contribution in [0.2, 0.25) is 0 Å². The van der Waals surface area contributed by atoms with Crippen molar-refractivity contribution in [2.24, 2.45) is 5.41 Å². The Hall–Kier alpha value is -2.18. The Labute approximate surface area is 196 Å². The summed E-state index contributed by atoms with van der Waals surface area (Å²) in [7, 11) is 0. The van der Waals surface area contributed by atoms with Crippen LogP contribution in [0.3, 0.4) is 0 Å². The summed E-state index contributed by atoms with van der Waals surface area (Å²) < 4.78 is 8.62. The summed E-state index contributed by atoms with van der Waals surface area (Å²) in [6.45, 7) is 12.7. The number of rotatable bonds is 8. The average Bonchev–Trinajstić information content (AvgIpc) is 2.95. The van der Waals surface area contributed by atoms with Crippen molar-refractivity contribution < 1.29 is 14.6 Å². The summed E-state index contributed by atoms with van der Waals surface area (Å²) in [6.07, 6.45) is 0.507. The van der Waals surface area contributed by atoms with Gasteiger partial charge in [-0.1, -0.05) is 46.4 Å². The number of benzene rings is 2. The minimum atomic E-state index is -0.700. The Bertz CT molecular complexity index is 1120. The van der Waals surface area contributed by atoms with Crippen molar-refractivity contribution in [1.29, 1.82) is 0 Å². The monoisotopic (exact) mass is 501 g/mol. The van der Waals surface area contributed by atoms with Crippen LogP contribution in [0.25, 0.3) is 10.9 Å². The van der Waals surface area contributed by atoms with Crippen LogP contribution in [0, 0.1) is 5.41 Å². The molecule has 0 amide bonds. The highest BCUT2D eigenvalue weighted by Gasteiger charge is 2.33. The van der Waals surface area contributed by atoms with Gasteiger partial charge in [0, 0.05) is 38.9 Å². The van der Waals surface area contributed by atoms with E-state index in [4.69, 9.17) is 4.74 Å². The van der Waals surface area contributed by atoms with Crippen LogP contribution < -0.4 is 0 Å². The first-order chi connectivity index (χ1) is 14.6. The summed E-state index contributed by atoms with van der Waals surface area (Å²) in [5.41, 5.74) is 2.50. The number of hydrogen-bond acceptors (Lipinski definition) is 4. The molecule has 0 aliphatic heterocycles. The predicted octanol–water partition coefficient (Wildman–Crippen LogP) is 6.92. The molecule has 0 bridgehead atoms. The summed E-state index contributed by atoms with van der Waals surface area (Å²) >= 11 is 5.07. The van der Waals surface area contributed by atoms with Crippen LogP contribution in [-0.4, -0.2) is 22.2 Å². The number of aromatic nitrogens is 1. The Balaban J connectivity index is 2.20. The van der Waals surface area contributed by atoms with E-state index < -0.39 is 5.41 Å². The zero-order chi connectivity index (χ0) is 22.8. The highest BCUT2D eigenvalue weighted by atomic mass is 79.9. The lowest BCUT2D eigenvalue weighted by molar-refractivity contribution is -0.153. The molecule has 0 radical (unpaired) electrons. The number of halogens is 1. The minimum absolute atomic E-state index is 0.216. The number of hydrogen-bond donors (Lipinski definition) is 1. The van der Waals surface area contributed by atoms with Crippen LogP contribution in [0.15, 0.2) is 63.3 Å². The number of carbonyl (C=O) groups is 1. The van der Waals surface area contributed by atoms with E-state index in [1.165, 1.54) is 0 Å². The van der Waals surface area contributed by atoms with Crippen molar-refractivity contribution in [2.45, 2.75) is 45.6 Å². The topological polar surface area (TPSA) is 51.5 Å². The van der Waals surface area contributed by atoms with Crippen molar-refractivity contribution >= 4 is 44.6 Å². The molecule has 31 heavy (non-hydrogen) atoms. The molecule has 0 fully saturated rings. The number of phenols is 1. The molecule has 0 saturated carbocycles. The van der Waals surface area contributed by atoms with E-state index in [0.717, 1.165) is 36.4 Å². The number of phenolic OH excluding ortho intramolecular Hbond substituents is 1. The van der Waals surface area contributed by atoms with Gasteiger partial charge < -0.3 is 14.4 Å². The van der Waals surface area contributed by atoms with Gasteiger partial charge in [0.1, 0.15) is 5.75 Å². The molecule has 0 aliphatic rings. The zero-order valence-corrected chi connectivity index (χ0v) is 20.8. The third-order valence-electron chi connectivity index (χ3n) is 5.07. The third kappa shape index (κ3) is 5.36. The lowest BCUT2D eigenvalue weighted by atomic mass is 9.87. The quantitative estimate of drug-likeness (QED) is 0.269. The Morgan fingerprint density at radius 1 is 1.23 bits per heavy atom. The van der Waals surface area contributed by atoms with Crippen molar-refractivity contribution in [3.05, 3.63) is 69.7 Å². The largest absolute Gasteiger partial charge is 0.508 e. The van der Waals surface area contributed by atoms with E-state index in [0.29, 0.717) is 19.6 Å². The molecule has 3 rings (SSSR count). The number of ether oxygens (including phenoxy) is 1. The van der Waals surface area contributed by atoms with Crippen LogP contribution in [-0.2, 0) is 22.5 Å². The fraction of sp³-hybridized carbons (Fsp3) is 0.320. The van der Waals surface area contributed by atoms with Crippen LogP contribution in [0.5, 0.6) is 5.75 Å². The van der Waals surface area contributed by atoms with Crippen LogP contribution in [0.1, 0.15) is 39.0 Å². The Morgan fingerprint density at radius 2 is 1.90 bits per heavy atom. The summed E-state index contributed by atoms with van der Waals surface area (Å²) in [5.74, 6) is -0.00219.